The molecule has 1 unspecified atom stereocenters. The molecule has 0 saturated heterocycles. The number of nitrogens with zero attached hydrogens (tertiary/aromatic N) is 1. The van der Waals surface area contributed by atoms with E-state index in [1.807, 2.05) is 0 Å². The molecule has 0 aliphatic heterocycles. The van der Waals surface area contributed by atoms with E-state index in [9.17, 15) is 0 Å². The van der Waals surface area contributed by atoms with Crippen LogP contribution in [0, 0.1) is 23.2 Å². The number of hydrogen-bond donors (Lipinski definition) is 0. The van der Waals surface area contributed by atoms with Crippen molar-refractivity contribution in [1.29, 1.82) is 0 Å². The van der Waals surface area contributed by atoms with Gasteiger partial charge in [-0.25, -0.2) is 0 Å². The topological polar surface area (TPSA) is 3.24 Å². The average Bonchev–Trinajstić information content (AvgIpc) is 3.64. The van der Waals surface area contributed by atoms with Crippen molar-refractivity contribution in [1.82, 2.24) is 0 Å². The Hall–Kier alpha value is -6.44. The standard InChI is InChI=1S/C64H55N/c1-42-39-62-40-49(62)38-50(41-62)64(42)59-17-9-7-15-55(59)57-33-25-48(37-61(57)64)46-22-30-53(31-23-46)65(51-26-18-44(19-27-51)43-12-4-2-5-13-43)52-28-20-45(21-29-52)47-24-32-56-54-14-6-8-16-58(54)63(60(56)36-47)34-10-3-11-35-63/h2,4-9,12-33,36-37,42,49-50H,3,10-11,34-35,38-41H2,1H3/t42-,49-,50+,62?,64+/m0/s1. The molecule has 4 fully saturated rings. The van der Waals surface area contributed by atoms with E-state index in [1.54, 1.807) is 22.3 Å². The second-order valence-electron chi connectivity index (χ2n) is 21.0. The molecule has 5 atom stereocenters. The van der Waals surface area contributed by atoms with Gasteiger partial charge in [0.25, 0.3) is 0 Å². The van der Waals surface area contributed by atoms with E-state index in [0.29, 0.717) is 11.3 Å². The fraction of sp³-hybridized carbons (Fsp3) is 0.250. The number of benzene rings is 8. The van der Waals surface area contributed by atoms with Crippen molar-refractivity contribution in [2.45, 2.75) is 75.5 Å². The van der Waals surface area contributed by atoms with Crippen molar-refractivity contribution in [3.8, 4) is 55.6 Å². The Morgan fingerprint density at radius 3 is 1.48 bits per heavy atom. The monoisotopic (exact) mass is 837 g/mol. The summed E-state index contributed by atoms with van der Waals surface area (Å²) in [4.78, 5) is 2.43. The second kappa shape index (κ2) is 14.0. The van der Waals surface area contributed by atoms with Gasteiger partial charge in [0.05, 0.1) is 0 Å². The van der Waals surface area contributed by atoms with E-state index >= 15 is 0 Å². The zero-order valence-electron chi connectivity index (χ0n) is 37.4. The van der Waals surface area contributed by atoms with Gasteiger partial charge in [0.2, 0.25) is 0 Å². The summed E-state index contributed by atoms with van der Waals surface area (Å²) in [5.41, 5.74) is 24.1. The molecule has 0 N–H and O–H groups in total. The molecule has 4 saturated carbocycles. The summed E-state index contributed by atoms with van der Waals surface area (Å²) in [6, 6.07) is 71.9. The second-order valence-corrected chi connectivity index (χ2v) is 21.0. The minimum absolute atomic E-state index is 0.123. The molecule has 0 amide bonds. The van der Waals surface area contributed by atoms with Crippen molar-refractivity contribution in [2.75, 3.05) is 4.90 Å². The normalized spacial score (nSPS) is 24.5. The van der Waals surface area contributed by atoms with Crippen molar-refractivity contribution in [2.24, 2.45) is 23.2 Å². The lowest BCUT2D eigenvalue weighted by Crippen LogP contribution is -2.44. The van der Waals surface area contributed by atoms with Crippen molar-refractivity contribution < 1.29 is 0 Å². The smallest absolute Gasteiger partial charge is 0.0462 e. The molecule has 1 nitrogen and oxygen atoms in total. The fourth-order valence-electron chi connectivity index (χ4n) is 15.1. The summed E-state index contributed by atoms with van der Waals surface area (Å²) < 4.78 is 0. The Morgan fingerprint density at radius 2 is 0.846 bits per heavy atom. The summed E-state index contributed by atoms with van der Waals surface area (Å²) in [5, 5.41) is 0. The SMILES string of the molecule is C[C@H]1CC23C[C@@H]2C[C@H](C3)[C@@]12c1ccccc1-c1ccc(-c3ccc(N(c4ccc(-c5ccccc5)cc4)c4ccc(-c5ccc6c(c5)C5(CCCCC5)c5ccccc5-6)cc4)cc3)cc12. The van der Waals surface area contributed by atoms with Gasteiger partial charge in [0.15, 0.2) is 0 Å². The van der Waals surface area contributed by atoms with Crippen LogP contribution in [0.1, 0.15) is 87.0 Å². The molecule has 0 aromatic heterocycles. The lowest BCUT2D eigenvalue weighted by molar-refractivity contribution is 0.130. The number of anilines is 3. The summed E-state index contributed by atoms with van der Waals surface area (Å²) in [6.07, 6.45) is 12.1. The predicted molar refractivity (Wildman–Crippen MR) is 270 cm³/mol. The van der Waals surface area contributed by atoms with Crippen molar-refractivity contribution in [3.05, 3.63) is 210 Å². The first-order valence-corrected chi connectivity index (χ1v) is 24.7. The minimum atomic E-state index is 0.123. The summed E-state index contributed by atoms with van der Waals surface area (Å²) in [7, 11) is 0. The first-order chi connectivity index (χ1) is 32.0. The molecular formula is C64H55N. The Kier molecular flexibility index (Phi) is 8.18. The van der Waals surface area contributed by atoms with Gasteiger partial charge in [0.1, 0.15) is 0 Å². The van der Waals surface area contributed by atoms with E-state index in [0.717, 1.165) is 28.9 Å². The molecule has 8 aromatic rings. The highest BCUT2D eigenvalue weighted by molar-refractivity contribution is 5.87. The summed E-state index contributed by atoms with van der Waals surface area (Å²) in [6.45, 7) is 2.59. The minimum Gasteiger partial charge on any atom is -0.311 e. The summed E-state index contributed by atoms with van der Waals surface area (Å²) in [5.74, 6) is 2.35. The van der Waals surface area contributed by atoms with Crippen LogP contribution in [0.4, 0.5) is 17.1 Å². The highest BCUT2D eigenvalue weighted by Crippen LogP contribution is 2.78. The molecule has 316 valence electrons. The van der Waals surface area contributed by atoms with Gasteiger partial charge in [-0.1, -0.05) is 166 Å². The molecule has 14 rings (SSSR count). The fourth-order valence-corrected chi connectivity index (χ4v) is 15.1. The summed E-state index contributed by atoms with van der Waals surface area (Å²) >= 11 is 0. The molecule has 8 aromatic carbocycles. The molecule has 1 heteroatoms. The third-order valence-corrected chi connectivity index (χ3v) is 18.0. The highest BCUT2D eigenvalue weighted by Gasteiger charge is 2.70. The molecule has 3 spiro atoms. The van der Waals surface area contributed by atoms with Crippen LogP contribution in [-0.2, 0) is 10.8 Å². The molecule has 0 heterocycles. The molecule has 6 aliphatic rings. The maximum atomic E-state index is 2.61. The first-order valence-electron chi connectivity index (χ1n) is 24.7. The maximum Gasteiger partial charge on any atom is 0.0462 e. The zero-order valence-corrected chi connectivity index (χ0v) is 37.4. The van der Waals surface area contributed by atoms with E-state index in [1.165, 1.54) is 113 Å². The first kappa shape index (κ1) is 37.9. The van der Waals surface area contributed by atoms with Crippen LogP contribution in [0.2, 0.25) is 0 Å². The quantitative estimate of drug-likeness (QED) is 0.161. The number of fused-ring (bicyclic) bond motifs is 12. The van der Waals surface area contributed by atoms with Gasteiger partial charge in [-0.3, -0.25) is 0 Å². The lowest BCUT2D eigenvalue weighted by atomic mass is 9.54. The van der Waals surface area contributed by atoms with Gasteiger partial charge in [-0.05, 0) is 188 Å². The third-order valence-electron chi connectivity index (χ3n) is 18.0. The molecule has 65 heavy (non-hydrogen) atoms. The van der Waals surface area contributed by atoms with Crippen molar-refractivity contribution >= 4 is 17.1 Å². The lowest BCUT2D eigenvalue weighted by Gasteiger charge is -2.48. The average molecular weight is 838 g/mol. The number of rotatable bonds is 6. The van der Waals surface area contributed by atoms with Crippen LogP contribution >= 0.6 is 0 Å². The number of hydrogen-bond acceptors (Lipinski definition) is 1. The van der Waals surface area contributed by atoms with Gasteiger partial charge in [-0.15, -0.1) is 0 Å². The van der Waals surface area contributed by atoms with Crippen LogP contribution in [0.25, 0.3) is 55.6 Å². The largest absolute Gasteiger partial charge is 0.311 e. The zero-order chi connectivity index (χ0) is 42.9. The molecular weight excluding hydrogens is 783 g/mol. The highest BCUT2D eigenvalue weighted by atomic mass is 15.1. The van der Waals surface area contributed by atoms with Crippen LogP contribution in [-0.4, -0.2) is 0 Å². The van der Waals surface area contributed by atoms with Gasteiger partial charge < -0.3 is 4.90 Å². The Labute approximate surface area is 384 Å². The van der Waals surface area contributed by atoms with E-state index in [-0.39, 0.29) is 10.8 Å². The maximum absolute atomic E-state index is 2.61. The van der Waals surface area contributed by atoms with E-state index in [2.05, 4.69) is 200 Å². The van der Waals surface area contributed by atoms with Gasteiger partial charge >= 0.3 is 0 Å². The Bertz CT molecular complexity index is 3150. The van der Waals surface area contributed by atoms with Gasteiger partial charge in [-0.2, -0.15) is 0 Å². The molecule has 2 bridgehead atoms. The van der Waals surface area contributed by atoms with Gasteiger partial charge in [0, 0.05) is 27.9 Å². The predicted octanol–water partition coefficient (Wildman–Crippen LogP) is 17.1. The van der Waals surface area contributed by atoms with Crippen LogP contribution < -0.4 is 4.90 Å². The van der Waals surface area contributed by atoms with Crippen LogP contribution in [0.3, 0.4) is 0 Å². The third kappa shape index (κ3) is 5.45. The van der Waals surface area contributed by atoms with Crippen LogP contribution in [0.15, 0.2) is 188 Å². The van der Waals surface area contributed by atoms with E-state index in [4.69, 9.17) is 0 Å². The van der Waals surface area contributed by atoms with Crippen molar-refractivity contribution in [3.63, 3.8) is 0 Å². The molecule has 6 aliphatic carbocycles. The van der Waals surface area contributed by atoms with Crippen LogP contribution in [0.5, 0.6) is 0 Å². The molecule has 0 radical (unpaired) electrons. The van der Waals surface area contributed by atoms with E-state index < -0.39 is 0 Å². The Balaban J connectivity index is 0.825. The Morgan fingerprint density at radius 1 is 0.385 bits per heavy atom.